The van der Waals surface area contributed by atoms with Crippen molar-refractivity contribution in [2.45, 2.75) is 31.1 Å². The average molecular weight is 285 g/mol. The van der Waals surface area contributed by atoms with Gasteiger partial charge in [-0.25, -0.2) is 0 Å². The van der Waals surface area contributed by atoms with E-state index in [1.165, 1.54) is 24.9 Å². The second-order valence-electron chi connectivity index (χ2n) is 4.75. The Balaban J connectivity index is 2.15. The number of rotatable bonds is 3. The van der Waals surface area contributed by atoms with Crippen LogP contribution in [-0.2, 0) is 6.54 Å². The van der Waals surface area contributed by atoms with Crippen molar-refractivity contribution in [3.05, 3.63) is 28.8 Å². The quantitative estimate of drug-likeness (QED) is 0.921. The molecule has 4 heteroatoms. The molecule has 1 atom stereocenters. The Kier molecular flexibility index (Phi) is 5.22. The fourth-order valence-electron chi connectivity index (χ4n) is 2.57. The molecule has 1 aromatic carbocycles. The first-order valence-electron chi connectivity index (χ1n) is 6.51. The van der Waals surface area contributed by atoms with Gasteiger partial charge in [-0.15, -0.1) is 0 Å². The minimum Gasteiger partial charge on any atom is -0.371 e. The molecule has 1 heterocycles. The van der Waals surface area contributed by atoms with E-state index in [2.05, 4.69) is 17.2 Å². The molecule has 1 saturated heterocycles. The van der Waals surface area contributed by atoms with Gasteiger partial charge >= 0.3 is 0 Å². The summed E-state index contributed by atoms with van der Waals surface area (Å²) in [5.74, 6) is 0. The molecule has 0 radical (unpaired) electrons. The Morgan fingerprint density at radius 1 is 1.39 bits per heavy atom. The second kappa shape index (κ2) is 6.69. The minimum atomic E-state index is 0.554. The van der Waals surface area contributed by atoms with E-state index in [1.807, 2.05) is 23.9 Å². The monoisotopic (exact) mass is 284 g/mol. The molecule has 0 spiro atoms. The Morgan fingerprint density at radius 3 is 2.94 bits per heavy atom. The van der Waals surface area contributed by atoms with Gasteiger partial charge in [0.05, 0.1) is 0 Å². The first kappa shape index (κ1) is 14.0. The highest BCUT2D eigenvalue weighted by Crippen LogP contribution is 2.28. The van der Waals surface area contributed by atoms with Gasteiger partial charge < -0.3 is 10.6 Å². The fourth-order valence-corrected chi connectivity index (χ4v) is 3.51. The normalized spacial score (nSPS) is 20.8. The highest BCUT2D eigenvalue weighted by molar-refractivity contribution is 7.99. The number of anilines is 1. The van der Waals surface area contributed by atoms with E-state index in [9.17, 15) is 0 Å². The summed E-state index contributed by atoms with van der Waals surface area (Å²) in [6.45, 7) is 2.81. The summed E-state index contributed by atoms with van der Waals surface area (Å²) < 4.78 is 0. The lowest BCUT2D eigenvalue weighted by molar-refractivity contribution is 0.745. The molecule has 2 rings (SSSR count). The van der Waals surface area contributed by atoms with Crippen molar-refractivity contribution in [2.24, 2.45) is 5.73 Å². The molecule has 0 aromatic heterocycles. The molecule has 0 amide bonds. The molecular weight excluding hydrogens is 264 g/mol. The molecule has 1 aromatic rings. The van der Waals surface area contributed by atoms with Crippen LogP contribution in [-0.4, -0.2) is 24.6 Å². The van der Waals surface area contributed by atoms with Gasteiger partial charge in [-0.3, -0.25) is 0 Å². The SMILES string of the molecule is CSC1CCCN(c2ccc(Cl)cc2CN)CC1. The van der Waals surface area contributed by atoms with Crippen LogP contribution >= 0.6 is 23.4 Å². The Labute approximate surface area is 119 Å². The van der Waals surface area contributed by atoms with Crippen LogP contribution in [0.4, 0.5) is 5.69 Å². The maximum atomic E-state index is 6.03. The zero-order valence-electron chi connectivity index (χ0n) is 10.9. The molecule has 1 aliphatic rings. The van der Waals surface area contributed by atoms with E-state index in [0.29, 0.717) is 6.54 Å². The lowest BCUT2D eigenvalue weighted by atomic mass is 10.1. The van der Waals surface area contributed by atoms with Crippen molar-refractivity contribution < 1.29 is 0 Å². The summed E-state index contributed by atoms with van der Waals surface area (Å²) in [4.78, 5) is 2.47. The minimum absolute atomic E-state index is 0.554. The first-order valence-corrected chi connectivity index (χ1v) is 8.17. The predicted molar refractivity (Wildman–Crippen MR) is 82.7 cm³/mol. The highest BCUT2D eigenvalue weighted by Gasteiger charge is 2.18. The molecular formula is C14H21ClN2S. The van der Waals surface area contributed by atoms with Gasteiger partial charge in [0.25, 0.3) is 0 Å². The van der Waals surface area contributed by atoms with Gasteiger partial charge in [0.1, 0.15) is 0 Å². The maximum Gasteiger partial charge on any atom is 0.0412 e. The van der Waals surface area contributed by atoms with Gasteiger partial charge in [0.15, 0.2) is 0 Å². The van der Waals surface area contributed by atoms with E-state index in [4.69, 9.17) is 17.3 Å². The number of nitrogens with zero attached hydrogens (tertiary/aromatic N) is 1. The fraction of sp³-hybridized carbons (Fsp3) is 0.571. The summed E-state index contributed by atoms with van der Waals surface area (Å²) in [6.07, 6.45) is 6.06. The smallest absolute Gasteiger partial charge is 0.0412 e. The lowest BCUT2D eigenvalue weighted by Gasteiger charge is -2.25. The Morgan fingerprint density at radius 2 is 2.22 bits per heavy atom. The van der Waals surface area contributed by atoms with Crippen molar-refractivity contribution in [1.29, 1.82) is 0 Å². The van der Waals surface area contributed by atoms with Crippen LogP contribution in [0, 0.1) is 0 Å². The van der Waals surface area contributed by atoms with E-state index in [0.717, 1.165) is 28.9 Å². The Bertz CT molecular complexity index is 397. The van der Waals surface area contributed by atoms with Gasteiger partial charge in [-0.2, -0.15) is 11.8 Å². The van der Waals surface area contributed by atoms with Crippen LogP contribution in [0.3, 0.4) is 0 Å². The molecule has 0 saturated carbocycles. The van der Waals surface area contributed by atoms with Gasteiger partial charge in [-0.05, 0) is 49.3 Å². The molecule has 18 heavy (non-hydrogen) atoms. The number of hydrogen-bond donors (Lipinski definition) is 1. The molecule has 2 N–H and O–H groups in total. The number of thioether (sulfide) groups is 1. The number of hydrogen-bond acceptors (Lipinski definition) is 3. The molecule has 1 aliphatic heterocycles. The number of halogens is 1. The van der Waals surface area contributed by atoms with E-state index in [1.54, 1.807) is 0 Å². The van der Waals surface area contributed by atoms with Crippen molar-refractivity contribution in [1.82, 2.24) is 0 Å². The molecule has 1 fully saturated rings. The van der Waals surface area contributed by atoms with E-state index >= 15 is 0 Å². The molecule has 100 valence electrons. The zero-order chi connectivity index (χ0) is 13.0. The summed E-state index contributed by atoms with van der Waals surface area (Å²) in [7, 11) is 0. The largest absolute Gasteiger partial charge is 0.371 e. The van der Waals surface area contributed by atoms with E-state index < -0.39 is 0 Å². The van der Waals surface area contributed by atoms with Crippen LogP contribution in [0.15, 0.2) is 18.2 Å². The average Bonchev–Trinajstić information content (AvgIpc) is 2.63. The third kappa shape index (κ3) is 3.34. The van der Waals surface area contributed by atoms with Crippen molar-refractivity contribution in [3.63, 3.8) is 0 Å². The summed E-state index contributed by atoms with van der Waals surface area (Å²) in [5, 5.41) is 1.58. The van der Waals surface area contributed by atoms with E-state index in [-0.39, 0.29) is 0 Å². The van der Waals surface area contributed by atoms with Crippen LogP contribution in [0.2, 0.25) is 5.02 Å². The summed E-state index contributed by atoms with van der Waals surface area (Å²) >= 11 is 8.03. The Hall–Kier alpha value is -0.380. The molecule has 0 aliphatic carbocycles. The molecule has 2 nitrogen and oxygen atoms in total. The first-order chi connectivity index (χ1) is 8.74. The maximum absolute atomic E-state index is 6.03. The van der Waals surface area contributed by atoms with Crippen LogP contribution in [0.1, 0.15) is 24.8 Å². The number of benzene rings is 1. The van der Waals surface area contributed by atoms with Crippen LogP contribution in [0.5, 0.6) is 0 Å². The van der Waals surface area contributed by atoms with Gasteiger partial charge in [0, 0.05) is 35.6 Å². The predicted octanol–water partition coefficient (Wildman–Crippen LogP) is 3.52. The summed E-state index contributed by atoms with van der Waals surface area (Å²) in [5.41, 5.74) is 8.25. The van der Waals surface area contributed by atoms with Gasteiger partial charge in [-0.1, -0.05) is 11.6 Å². The summed E-state index contributed by atoms with van der Waals surface area (Å²) in [6, 6.07) is 6.07. The third-order valence-corrected chi connectivity index (χ3v) is 4.98. The van der Waals surface area contributed by atoms with Crippen LogP contribution in [0.25, 0.3) is 0 Å². The third-order valence-electron chi connectivity index (χ3n) is 3.61. The number of nitrogens with two attached hydrogens (primary N) is 1. The van der Waals surface area contributed by atoms with Gasteiger partial charge in [0.2, 0.25) is 0 Å². The standard InChI is InChI=1S/C14H21ClN2S/c1-18-13-3-2-7-17(8-6-13)14-5-4-12(15)9-11(14)10-16/h4-5,9,13H,2-3,6-8,10,16H2,1H3. The second-order valence-corrected chi connectivity index (χ2v) is 6.33. The molecule has 1 unspecified atom stereocenters. The zero-order valence-corrected chi connectivity index (χ0v) is 12.4. The topological polar surface area (TPSA) is 29.3 Å². The van der Waals surface area contributed by atoms with Crippen molar-refractivity contribution in [2.75, 3.05) is 24.2 Å². The molecule has 0 bridgehead atoms. The van der Waals surface area contributed by atoms with Crippen LogP contribution < -0.4 is 10.6 Å². The van der Waals surface area contributed by atoms with Crippen molar-refractivity contribution >= 4 is 29.1 Å². The lowest BCUT2D eigenvalue weighted by Crippen LogP contribution is -2.26. The van der Waals surface area contributed by atoms with Crippen molar-refractivity contribution in [3.8, 4) is 0 Å². The highest BCUT2D eigenvalue weighted by atomic mass is 35.5.